The molecular weight excluding hydrogens is 322 g/mol. The van der Waals surface area contributed by atoms with E-state index < -0.39 is 0 Å². The van der Waals surface area contributed by atoms with Crippen molar-refractivity contribution in [1.82, 2.24) is 15.1 Å². The SMILES string of the molecule is COC1CCC(CC(=O)N2CCO[C@H](c3nnc(C(C)C)o3)C2)CC1. The number of carbonyl (C=O) groups is 1. The van der Waals surface area contributed by atoms with Gasteiger partial charge in [-0.15, -0.1) is 10.2 Å². The molecule has 7 heteroatoms. The van der Waals surface area contributed by atoms with Crippen LogP contribution in [0.5, 0.6) is 0 Å². The van der Waals surface area contributed by atoms with Gasteiger partial charge in [-0.2, -0.15) is 0 Å². The summed E-state index contributed by atoms with van der Waals surface area (Å²) in [6.07, 6.45) is 4.91. The van der Waals surface area contributed by atoms with E-state index in [1.807, 2.05) is 18.7 Å². The van der Waals surface area contributed by atoms with E-state index in [-0.39, 0.29) is 17.9 Å². The molecule has 25 heavy (non-hydrogen) atoms. The molecule has 0 N–H and O–H groups in total. The maximum absolute atomic E-state index is 12.7. The van der Waals surface area contributed by atoms with Crippen LogP contribution in [0.1, 0.15) is 69.8 Å². The van der Waals surface area contributed by atoms with E-state index in [1.165, 1.54) is 0 Å². The predicted octanol–water partition coefficient (Wildman–Crippen LogP) is 2.69. The first-order valence-corrected chi connectivity index (χ1v) is 9.32. The third-order valence-electron chi connectivity index (χ3n) is 5.24. The van der Waals surface area contributed by atoms with Crippen molar-refractivity contribution in [1.29, 1.82) is 0 Å². The Hall–Kier alpha value is -1.47. The van der Waals surface area contributed by atoms with Crippen LogP contribution in [-0.2, 0) is 14.3 Å². The van der Waals surface area contributed by atoms with Crippen molar-refractivity contribution in [3.63, 3.8) is 0 Å². The molecule has 1 atom stereocenters. The van der Waals surface area contributed by atoms with Gasteiger partial charge in [-0.25, -0.2) is 0 Å². The minimum Gasteiger partial charge on any atom is -0.422 e. The smallest absolute Gasteiger partial charge is 0.247 e. The summed E-state index contributed by atoms with van der Waals surface area (Å²) in [5.74, 6) is 1.94. The van der Waals surface area contributed by atoms with Crippen LogP contribution < -0.4 is 0 Å². The number of morpholine rings is 1. The highest BCUT2D eigenvalue weighted by Gasteiger charge is 2.31. The van der Waals surface area contributed by atoms with E-state index in [0.29, 0.717) is 49.9 Å². The average Bonchev–Trinajstić information content (AvgIpc) is 3.13. The van der Waals surface area contributed by atoms with Crippen LogP contribution in [-0.4, -0.2) is 53.9 Å². The molecule has 140 valence electrons. The average molecular weight is 351 g/mol. The van der Waals surface area contributed by atoms with E-state index in [0.717, 1.165) is 25.7 Å². The largest absolute Gasteiger partial charge is 0.422 e. The summed E-state index contributed by atoms with van der Waals surface area (Å²) < 4.78 is 16.8. The maximum atomic E-state index is 12.7. The lowest BCUT2D eigenvalue weighted by Gasteiger charge is -2.33. The zero-order valence-corrected chi connectivity index (χ0v) is 15.4. The summed E-state index contributed by atoms with van der Waals surface area (Å²) in [4.78, 5) is 14.6. The van der Waals surface area contributed by atoms with Crippen LogP contribution in [0, 0.1) is 5.92 Å². The number of amides is 1. The Morgan fingerprint density at radius 1 is 1.28 bits per heavy atom. The van der Waals surface area contributed by atoms with Gasteiger partial charge in [-0.05, 0) is 31.6 Å². The lowest BCUT2D eigenvalue weighted by atomic mass is 9.85. The number of hydrogen-bond donors (Lipinski definition) is 0. The molecule has 1 saturated heterocycles. The number of hydrogen-bond acceptors (Lipinski definition) is 6. The van der Waals surface area contributed by atoms with Gasteiger partial charge in [0.1, 0.15) is 0 Å². The van der Waals surface area contributed by atoms with Crippen molar-refractivity contribution in [2.75, 3.05) is 26.8 Å². The van der Waals surface area contributed by atoms with Gasteiger partial charge in [-0.1, -0.05) is 13.8 Å². The zero-order valence-electron chi connectivity index (χ0n) is 15.4. The third kappa shape index (κ3) is 4.58. The quantitative estimate of drug-likeness (QED) is 0.812. The van der Waals surface area contributed by atoms with E-state index in [4.69, 9.17) is 13.9 Å². The van der Waals surface area contributed by atoms with Crippen molar-refractivity contribution in [2.45, 2.75) is 64.1 Å². The molecule has 0 bridgehead atoms. The summed E-state index contributed by atoms with van der Waals surface area (Å²) in [5.41, 5.74) is 0. The molecule has 1 amide bonds. The third-order valence-corrected chi connectivity index (χ3v) is 5.24. The summed E-state index contributed by atoms with van der Waals surface area (Å²) in [6, 6.07) is 0. The maximum Gasteiger partial charge on any atom is 0.247 e. The van der Waals surface area contributed by atoms with Crippen LogP contribution in [0.4, 0.5) is 0 Å². The Labute approximate surface area is 149 Å². The van der Waals surface area contributed by atoms with E-state index in [1.54, 1.807) is 7.11 Å². The Kier molecular flexibility index (Phi) is 6.06. The lowest BCUT2D eigenvalue weighted by Crippen LogP contribution is -2.43. The molecule has 7 nitrogen and oxygen atoms in total. The molecule has 2 heterocycles. The van der Waals surface area contributed by atoms with Crippen molar-refractivity contribution in [2.24, 2.45) is 5.92 Å². The number of aromatic nitrogens is 2. The molecule has 0 aromatic carbocycles. The summed E-state index contributed by atoms with van der Waals surface area (Å²) in [6.45, 7) is 5.65. The fourth-order valence-corrected chi connectivity index (χ4v) is 3.58. The van der Waals surface area contributed by atoms with Crippen molar-refractivity contribution >= 4 is 5.91 Å². The van der Waals surface area contributed by atoms with Crippen LogP contribution in [0.25, 0.3) is 0 Å². The van der Waals surface area contributed by atoms with Gasteiger partial charge >= 0.3 is 0 Å². The highest BCUT2D eigenvalue weighted by molar-refractivity contribution is 5.76. The Morgan fingerprint density at radius 2 is 2.04 bits per heavy atom. The molecule has 3 rings (SSSR count). The fraction of sp³-hybridized carbons (Fsp3) is 0.833. The second-order valence-corrected chi connectivity index (χ2v) is 7.41. The van der Waals surface area contributed by atoms with E-state index in [9.17, 15) is 4.79 Å². The van der Waals surface area contributed by atoms with Crippen LogP contribution in [0.3, 0.4) is 0 Å². The van der Waals surface area contributed by atoms with Gasteiger partial charge in [0, 0.05) is 26.0 Å². The van der Waals surface area contributed by atoms with Crippen LogP contribution in [0.15, 0.2) is 4.42 Å². The number of nitrogens with zero attached hydrogens (tertiary/aromatic N) is 3. The predicted molar refractivity (Wildman–Crippen MR) is 91.0 cm³/mol. The second kappa shape index (κ2) is 8.27. The van der Waals surface area contributed by atoms with E-state index >= 15 is 0 Å². The minimum absolute atomic E-state index is 0.185. The molecule has 1 aromatic heterocycles. The molecule has 2 fully saturated rings. The van der Waals surface area contributed by atoms with Crippen molar-refractivity contribution < 1.29 is 18.7 Å². The molecular formula is C18H29N3O4. The summed E-state index contributed by atoms with van der Waals surface area (Å²) in [5, 5.41) is 8.15. The Morgan fingerprint density at radius 3 is 2.68 bits per heavy atom. The van der Waals surface area contributed by atoms with E-state index in [2.05, 4.69) is 10.2 Å². The van der Waals surface area contributed by atoms with Gasteiger partial charge in [0.2, 0.25) is 17.7 Å². The van der Waals surface area contributed by atoms with Crippen molar-refractivity contribution in [3.05, 3.63) is 11.8 Å². The highest BCUT2D eigenvalue weighted by Crippen LogP contribution is 2.30. The van der Waals surface area contributed by atoms with Gasteiger partial charge in [0.05, 0.1) is 19.3 Å². The second-order valence-electron chi connectivity index (χ2n) is 7.41. The summed E-state index contributed by atoms with van der Waals surface area (Å²) in [7, 11) is 1.77. The van der Waals surface area contributed by atoms with Crippen LogP contribution >= 0.6 is 0 Å². The molecule has 0 spiro atoms. The normalized spacial score (nSPS) is 27.7. The molecule has 1 saturated carbocycles. The van der Waals surface area contributed by atoms with Gasteiger partial charge in [0.25, 0.3) is 0 Å². The zero-order chi connectivity index (χ0) is 17.8. The molecule has 2 aliphatic rings. The Bertz CT molecular complexity index is 566. The van der Waals surface area contributed by atoms with Crippen molar-refractivity contribution in [3.8, 4) is 0 Å². The molecule has 1 aromatic rings. The summed E-state index contributed by atoms with van der Waals surface area (Å²) >= 11 is 0. The van der Waals surface area contributed by atoms with Gasteiger partial charge in [-0.3, -0.25) is 4.79 Å². The minimum atomic E-state index is -0.318. The first kappa shape index (κ1) is 18.3. The number of ether oxygens (including phenoxy) is 2. The standard InChI is InChI=1S/C18H29N3O4/c1-12(2)17-19-20-18(25-17)15-11-21(8-9-24-15)16(22)10-13-4-6-14(23-3)7-5-13/h12-15H,4-11H2,1-3H3/t13?,14?,15-/m0/s1. The Balaban J connectivity index is 1.53. The first-order chi connectivity index (χ1) is 12.1. The highest BCUT2D eigenvalue weighted by atomic mass is 16.5. The van der Waals surface area contributed by atoms with Gasteiger partial charge < -0.3 is 18.8 Å². The monoisotopic (exact) mass is 351 g/mol. The number of methoxy groups -OCH3 is 1. The first-order valence-electron chi connectivity index (χ1n) is 9.32. The number of carbonyl (C=O) groups excluding carboxylic acids is 1. The van der Waals surface area contributed by atoms with Crippen LogP contribution in [0.2, 0.25) is 0 Å². The van der Waals surface area contributed by atoms with Gasteiger partial charge in [0.15, 0.2) is 6.10 Å². The number of rotatable bonds is 5. The molecule has 0 radical (unpaired) electrons. The molecule has 1 aliphatic heterocycles. The lowest BCUT2D eigenvalue weighted by molar-refractivity contribution is -0.141. The molecule has 0 unspecified atom stereocenters. The molecule has 1 aliphatic carbocycles. The fourth-order valence-electron chi connectivity index (χ4n) is 3.58. The topological polar surface area (TPSA) is 77.7 Å².